The number of carboxylic acid groups (broad SMARTS) is 1. The maximum absolute atomic E-state index is 12.9. The van der Waals surface area contributed by atoms with E-state index in [1.165, 1.54) is 40.9 Å². The molecule has 1 aromatic carbocycles. The molecule has 0 aromatic heterocycles. The summed E-state index contributed by atoms with van der Waals surface area (Å²) in [6.07, 6.45) is 0. The van der Waals surface area contributed by atoms with E-state index in [1.54, 1.807) is 0 Å². The number of amides is 1. The predicted octanol–water partition coefficient (Wildman–Crippen LogP) is 1.19. The molecule has 19 heavy (non-hydrogen) atoms. The number of halogens is 1. The summed E-state index contributed by atoms with van der Waals surface area (Å²) in [7, 11) is 0. The number of ether oxygens (including phenoxy) is 1. The summed E-state index contributed by atoms with van der Waals surface area (Å²) in [5.74, 6) is -0.938. The monoisotopic (exact) mass is 285 g/mol. The van der Waals surface area contributed by atoms with E-state index in [9.17, 15) is 14.0 Å². The number of carbonyl (C=O) groups excluding carboxylic acids is 1. The summed E-state index contributed by atoms with van der Waals surface area (Å²) >= 11 is 1.38. The fourth-order valence-electron chi connectivity index (χ4n) is 1.68. The topological polar surface area (TPSA) is 66.8 Å². The van der Waals surface area contributed by atoms with Gasteiger partial charge in [-0.3, -0.25) is 4.79 Å². The zero-order chi connectivity index (χ0) is 13.8. The highest BCUT2D eigenvalue weighted by molar-refractivity contribution is 7.99. The van der Waals surface area contributed by atoms with Crippen molar-refractivity contribution < 1.29 is 23.8 Å². The summed E-state index contributed by atoms with van der Waals surface area (Å²) in [6, 6.07) is 4.63. The van der Waals surface area contributed by atoms with Crippen molar-refractivity contribution in [3.05, 3.63) is 30.1 Å². The summed E-state index contributed by atoms with van der Waals surface area (Å²) in [4.78, 5) is 24.0. The molecule has 1 heterocycles. The molecule has 1 N–H and O–H groups in total. The molecule has 5 nitrogen and oxygen atoms in total. The van der Waals surface area contributed by atoms with Crippen LogP contribution in [0, 0.1) is 5.82 Å². The Morgan fingerprint density at radius 1 is 1.53 bits per heavy atom. The molecule has 1 aliphatic heterocycles. The van der Waals surface area contributed by atoms with Crippen molar-refractivity contribution >= 4 is 23.6 Å². The van der Waals surface area contributed by atoms with Crippen LogP contribution >= 0.6 is 11.8 Å². The summed E-state index contributed by atoms with van der Waals surface area (Å²) in [6.45, 7) is -0.298. The smallest absolute Gasteiger partial charge is 0.327 e. The molecule has 0 bridgehead atoms. The SMILES string of the molecule is O=C(O)C1CSCN1C(=O)COc1cccc(F)c1. The highest BCUT2D eigenvalue weighted by atomic mass is 32.2. The lowest BCUT2D eigenvalue weighted by Gasteiger charge is -2.20. The number of carbonyl (C=O) groups is 2. The third kappa shape index (κ3) is 3.37. The first-order valence-electron chi connectivity index (χ1n) is 5.56. The Bertz CT molecular complexity index is 496. The standard InChI is InChI=1S/C12H12FNO4S/c13-8-2-1-3-9(4-8)18-5-11(15)14-7-19-6-10(14)12(16)17/h1-4,10H,5-7H2,(H,16,17). The van der Waals surface area contributed by atoms with E-state index in [-0.39, 0.29) is 12.4 Å². The van der Waals surface area contributed by atoms with Gasteiger partial charge < -0.3 is 14.7 Å². The van der Waals surface area contributed by atoms with Gasteiger partial charge in [-0.25, -0.2) is 9.18 Å². The Morgan fingerprint density at radius 3 is 3.00 bits per heavy atom. The van der Waals surface area contributed by atoms with Gasteiger partial charge in [-0.2, -0.15) is 0 Å². The van der Waals surface area contributed by atoms with Gasteiger partial charge in [0.1, 0.15) is 17.6 Å². The van der Waals surface area contributed by atoms with Gasteiger partial charge in [0.15, 0.2) is 6.61 Å². The average Bonchev–Trinajstić information content (AvgIpc) is 2.85. The number of aliphatic carboxylic acids is 1. The average molecular weight is 285 g/mol. The molecule has 0 spiro atoms. The Morgan fingerprint density at radius 2 is 2.32 bits per heavy atom. The van der Waals surface area contributed by atoms with Crippen LogP contribution in [0.15, 0.2) is 24.3 Å². The van der Waals surface area contributed by atoms with Crippen molar-refractivity contribution in [1.29, 1.82) is 0 Å². The second-order valence-electron chi connectivity index (χ2n) is 3.96. The summed E-state index contributed by atoms with van der Waals surface area (Å²) < 4.78 is 18.1. The first kappa shape index (κ1) is 13.7. The fourth-order valence-corrected chi connectivity index (χ4v) is 2.85. The quantitative estimate of drug-likeness (QED) is 0.900. The third-order valence-corrected chi connectivity index (χ3v) is 3.66. The van der Waals surface area contributed by atoms with Gasteiger partial charge in [-0.05, 0) is 12.1 Å². The van der Waals surface area contributed by atoms with Crippen LogP contribution in [0.1, 0.15) is 0 Å². The van der Waals surface area contributed by atoms with E-state index < -0.39 is 23.7 Å². The van der Waals surface area contributed by atoms with Gasteiger partial charge in [-0.1, -0.05) is 6.07 Å². The highest BCUT2D eigenvalue weighted by Crippen LogP contribution is 2.21. The molecule has 0 aliphatic carbocycles. The van der Waals surface area contributed by atoms with Crippen LogP contribution in [-0.4, -0.2) is 46.2 Å². The van der Waals surface area contributed by atoms with E-state index in [2.05, 4.69) is 0 Å². The third-order valence-electron chi connectivity index (χ3n) is 2.65. The first-order chi connectivity index (χ1) is 9.08. The predicted molar refractivity (Wildman–Crippen MR) is 67.5 cm³/mol. The van der Waals surface area contributed by atoms with Crippen LogP contribution in [0.3, 0.4) is 0 Å². The van der Waals surface area contributed by atoms with Crippen molar-refractivity contribution in [3.63, 3.8) is 0 Å². The van der Waals surface area contributed by atoms with Crippen LogP contribution in [0.5, 0.6) is 5.75 Å². The van der Waals surface area contributed by atoms with Crippen molar-refractivity contribution in [2.45, 2.75) is 6.04 Å². The van der Waals surface area contributed by atoms with Crippen LogP contribution in [0.4, 0.5) is 4.39 Å². The van der Waals surface area contributed by atoms with Crippen LogP contribution in [0.25, 0.3) is 0 Å². The molecule has 1 aliphatic rings. The number of nitrogens with zero attached hydrogens (tertiary/aromatic N) is 1. The Labute approximate surface area is 113 Å². The van der Waals surface area contributed by atoms with Crippen LogP contribution in [-0.2, 0) is 9.59 Å². The summed E-state index contributed by atoms with van der Waals surface area (Å²) in [5.41, 5.74) is 0. The zero-order valence-corrected chi connectivity index (χ0v) is 10.7. The second kappa shape index (κ2) is 5.92. The lowest BCUT2D eigenvalue weighted by molar-refractivity contribution is -0.148. The minimum atomic E-state index is -1.02. The molecule has 2 rings (SSSR count). The van der Waals surface area contributed by atoms with Gasteiger partial charge >= 0.3 is 5.97 Å². The van der Waals surface area contributed by atoms with Crippen molar-refractivity contribution in [2.75, 3.05) is 18.2 Å². The van der Waals surface area contributed by atoms with Gasteiger partial charge in [0.25, 0.3) is 5.91 Å². The van der Waals surface area contributed by atoms with Gasteiger partial charge in [0.05, 0.1) is 5.88 Å². The molecule has 1 atom stereocenters. The molecular formula is C12H12FNO4S. The lowest BCUT2D eigenvalue weighted by atomic mass is 10.3. The first-order valence-corrected chi connectivity index (χ1v) is 6.72. The molecule has 1 aromatic rings. The van der Waals surface area contributed by atoms with E-state index in [1.807, 2.05) is 0 Å². The van der Waals surface area contributed by atoms with Crippen LogP contribution < -0.4 is 4.74 Å². The normalized spacial score (nSPS) is 18.4. The maximum atomic E-state index is 12.9. The van der Waals surface area contributed by atoms with Gasteiger partial charge in [0, 0.05) is 11.8 Å². The van der Waals surface area contributed by atoms with Gasteiger partial charge in [0.2, 0.25) is 0 Å². The van der Waals surface area contributed by atoms with E-state index in [0.29, 0.717) is 11.6 Å². The number of hydrogen-bond donors (Lipinski definition) is 1. The van der Waals surface area contributed by atoms with E-state index in [0.717, 1.165) is 0 Å². The summed E-state index contributed by atoms with van der Waals surface area (Å²) in [5, 5.41) is 8.96. The maximum Gasteiger partial charge on any atom is 0.327 e. The number of hydrogen-bond acceptors (Lipinski definition) is 4. The molecule has 1 fully saturated rings. The van der Waals surface area contributed by atoms with Gasteiger partial charge in [-0.15, -0.1) is 11.8 Å². The minimum absolute atomic E-state index is 0.243. The Balaban J connectivity index is 1.92. The largest absolute Gasteiger partial charge is 0.484 e. The zero-order valence-electron chi connectivity index (χ0n) is 9.91. The van der Waals surface area contributed by atoms with E-state index >= 15 is 0 Å². The molecule has 7 heteroatoms. The van der Waals surface area contributed by atoms with Crippen molar-refractivity contribution in [1.82, 2.24) is 4.90 Å². The Kier molecular flexibility index (Phi) is 4.26. The van der Waals surface area contributed by atoms with E-state index in [4.69, 9.17) is 9.84 Å². The fraction of sp³-hybridized carbons (Fsp3) is 0.333. The molecule has 1 saturated heterocycles. The molecule has 1 unspecified atom stereocenters. The number of carboxylic acids is 1. The van der Waals surface area contributed by atoms with Crippen LogP contribution in [0.2, 0.25) is 0 Å². The molecule has 0 saturated carbocycles. The second-order valence-corrected chi connectivity index (χ2v) is 4.96. The molecule has 102 valence electrons. The highest BCUT2D eigenvalue weighted by Gasteiger charge is 2.34. The number of thioether (sulfide) groups is 1. The Hall–Kier alpha value is -1.76. The lowest BCUT2D eigenvalue weighted by Crippen LogP contribution is -2.43. The molecule has 1 amide bonds. The molecular weight excluding hydrogens is 273 g/mol. The van der Waals surface area contributed by atoms with Crippen molar-refractivity contribution in [3.8, 4) is 5.75 Å². The molecule has 0 radical (unpaired) electrons. The van der Waals surface area contributed by atoms with Crippen molar-refractivity contribution in [2.24, 2.45) is 0 Å². The minimum Gasteiger partial charge on any atom is -0.484 e. The number of rotatable bonds is 4. The number of benzene rings is 1.